The fraction of sp³-hybridized carbons (Fsp3) is 0.632. The number of ketones is 1. The lowest BCUT2D eigenvalue weighted by molar-refractivity contribution is -0.137. The molecule has 3 rings (SSSR count). The van der Waals surface area contributed by atoms with Crippen LogP contribution in [0.25, 0.3) is 0 Å². The Balaban J connectivity index is 2.08. The van der Waals surface area contributed by atoms with Crippen LogP contribution in [0, 0.1) is 11.3 Å². The van der Waals surface area contributed by atoms with Gasteiger partial charge in [0.2, 0.25) is 0 Å². The minimum absolute atomic E-state index is 0.0699. The second-order valence-electron chi connectivity index (χ2n) is 7.64. The van der Waals surface area contributed by atoms with Gasteiger partial charge in [-0.15, -0.1) is 0 Å². The number of hydrogen-bond acceptors (Lipinski definition) is 2. The highest BCUT2D eigenvalue weighted by Gasteiger charge is 2.64. The molecule has 1 N–H and O–H groups in total. The van der Waals surface area contributed by atoms with E-state index >= 15 is 0 Å². The van der Waals surface area contributed by atoms with Gasteiger partial charge in [0, 0.05) is 11.0 Å². The highest BCUT2D eigenvalue weighted by Crippen LogP contribution is 2.65. The first kappa shape index (κ1) is 14.8. The van der Waals surface area contributed by atoms with E-state index in [0.29, 0.717) is 5.92 Å². The minimum Gasteiger partial charge on any atom is -0.381 e. The molecule has 0 bridgehead atoms. The third-order valence-corrected chi connectivity index (χ3v) is 5.84. The van der Waals surface area contributed by atoms with E-state index in [1.165, 1.54) is 22.3 Å². The van der Waals surface area contributed by atoms with Crippen LogP contribution in [0.4, 0.5) is 0 Å². The largest absolute Gasteiger partial charge is 0.381 e. The van der Waals surface area contributed by atoms with Crippen molar-refractivity contribution in [3.05, 3.63) is 33.9 Å². The molecular weight excluding hydrogens is 260 g/mol. The summed E-state index contributed by atoms with van der Waals surface area (Å²) in [5.41, 5.74) is 4.21. The Morgan fingerprint density at radius 1 is 1.29 bits per heavy atom. The fourth-order valence-corrected chi connectivity index (χ4v) is 4.17. The van der Waals surface area contributed by atoms with Crippen LogP contribution in [-0.4, -0.2) is 16.5 Å². The first-order valence-electron chi connectivity index (χ1n) is 8.13. The van der Waals surface area contributed by atoms with Gasteiger partial charge in [-0.1, -0.05) is 19.4 Å². The average molecular weight is 286 g/mol. The molecule has 21 heavy (non-hydrogen) atoms. The number of carbonyl (C=O) groups excluding carboxylic acids is 1. The lowest BCUT2D eigenvalue weighted by Gasteiger charge is -2.39. The van der Waals surface area contributed by atoms with Gasteiger partial charge in [0.15, 0.2) is 5.78 Å². The number of aliphatic hydroxyl groups is 1. The Labute approximate surface area is 127 Å². The number of carbonyl (C=O) groups is 1. The van der Waals surface area contributed by atoms with Gasteiger partial charge in [-0.05, 0) is 75.2 Å². The summed E-state index contributed by atoms with van der Waals surface area (Å²) in [7, 11) is 0. The molecule has 3 aliphatic carbocycles. The predicted octanol–water partition coefficient (Wildman–Crippen LogP) is 4.11. The van der Waals surface area contributed by atoms with E-state index in [2.05, 4.69) is 27.7 Å². The van der Waals surface area contributed by atoms with E-state index in [1.807, 2.05) is 6.08 Å². The lowest BCUT2D eigenvalue weighted by atomic mass is 9.67. The molecule has 1 spiro atoms. The molecular formula is C19H26O2. The third-order valence-electron chi connectivity index (χ3n) is 5.84. The van der Waals surface area contributed by atoms with E-state index < -0.39 is 5.60 Å². The van der Waals surface area contributed by atoms with Gasteiger partial charge in [-0.3, -0.25) is 4.79 Å². The smallest absolute Gasteiger partial charge is 0.195 e. The number of rotatable bonds is 3. The molecule has 1 atom stereocenters. The Kier molecular flexibility index (Phi) is 3.11. The quantitative estimate of drug-likeness (QED) is 0.847. The molecule has 1 saturated carbocycles. The Bertz CT molecular complexity index is 607. The molecule has 0 heterocycles. The van der Waals surface area contributed by atoms with Crippen LogP contribution >= 0.6 is 0 Å². The predicted molar refractivity (Wildman–Crippen MR) is 84.9 cm³/mol. The molecule has 0 radical (unpaired) electrons. The normalized spacial score (nSPS) is 30.4. The highest BCUT2D eigenvalue weighted by molar-refractivity contribution is 6.10. The average Bonchev–Trinajstić information content (AvgIpc) is 3.14. The topological polar surface area (TPSA) is 37.3 Å². The first-order valence-corrected chi connectivity index (χ1v) is 8.13. The highest BCUT2D eigenvalue weighted by atomic mass is 16.3. The van der Waals surface area contributed by atoms with Crippen LogP contribution < -0.4 is 0 Å². The van der Waals surface area contributed by atoms with Crippen molar-refractivity contribution in [1.82, 2.24) is 0 Å². The number of hydrogen-bond donors (Lipinski definition) is 1. The second kappa shape index (κ2) is 4.42. The molecule has 1 fully saturated rings. The van der Waals surface area contributed by atoms with E-state index in [1.54, 1.807) is 6.92 Å². The molecule has 2 nitrogen and oxygen atoms in total. The van der Waals surface area contributed by atoms with Gasteiger partial charge in [-0.2, -0.15) is 0 Å². The molecule has 114 valence electrons. The maximum atomic E-state index is 12.8. The summed E-state index contributed by atoms with van der Waals surface area (Å²) >= 11 is 0. The van der Waals surface area contributed by atoms with Crippen molar-refractivity contribution in [2.45, 2.75) is 65.9 Å². The summed E-state index contributed by atoms with van der Waals surface area (Å²) in [6.07, 6.45) is 6.04. The number of Topliss-reactive ketones (excluding diaryl/α,β-unsaturated/α-hetero) is 1. The SMILES string of the molecule is CC1=C(CCC(C)C)C2=C(C)C3(CC3)[C@@](C)(O)C(=O)C2=C1. The summed E-state index contributed by atoms with van der Waals surface area (Å²) in [6.45, 7) is 10.4. The van der Waals surface area contributed by atoms with Gasteiger partial charge >= 0.3 is 0 Å². The molecule has 2 heteroatoms. The first-order chi connectivity index (χ1) is 9.72. The summed E-state index contributed by atoms with van der Waals surface area (Å²) in [4.78, 5) is 12.8. The van der Waals surface area contributed by atoms with E-state index in [0.717, 1.165) is 31.3 Å². The molecule has 0 unspecified atom stereocenters. The second-order valence-corrected chi connectivity index (χ2v) is 7.64. The van der Waals surface area contributed by atoms with Crippen molar-refractivity contribution in [2.24, 2.45) is 11.3 Å². The van der Waals surface area contributed by atoms with E-state index in [4.69, 9.17) is 0 Å². The van der Waals surface area contributed by atoms with Gasteiger partial charge in [0.25, 0.3) is 0 Å². The van der Waals surface area contributed by atoms with Crippen molar-refractivity contribution in [3.63, 3.8) is 0 Å². The molecule has 0 aromatic rings. The molecule has 0 aromatic carbocycles. The Morgan fingerprint density at radius 2 is 1.90 bits per heavy atom. The molecule has 0 saturated heterocycles. The summed E-state index contributed by atoms with van der Waals surface area (Å²) in [5.74, 6) is 0.590. The molecule has 0 amide bonds. The number of fused-ring (bicyclic) bond motifs is 1. The van der Waals surface area contributed by atoms with Gasteiger partial charge < -0.3 is 5.11 Å². The lowest BCUT2D eigenvalue weighted by Crippen LogP contribution is -2.49. The van der Waals surface area contributed by atoms with E-state index in [9.17, 15) is 9.90 Å². The van der Waals surface area contributed by atoms with Crippen molar-refractivity contribution in [1.29, 1.82) is 0 Å². The molecule has 0 aliphatic heterocycles. The van der Waals surface area contributed by atoms with Crippen LogP contribution in [0.2, 0.25) is 0 Å². The summed E-state index contributed by atoms with van der Waals surface area (Å²) < 4.78 is 0. The van der Waals surface area contributed by atoms with Crippen LogP contribution in [0.5, 0.6) is 0 Å². The van der Waals surface area contributed by atoms with Crippen molar-refractivity contribution in [3.8, 4) is 0 Å². The summed E-state index contributed by atoms with van der Waals surface area (Å²) in [5, 5.41) is 10.8. The zero-order valence-corrected chi connectivity index (χ0v) is 13.8. The van der Waals surface area contributed by atoms with Gasteiger partial charge in [0.1, 0.15) is 5.60 Å². The van der Waals surface area contributed by atoms with Crippen molar-refractivity contribution in [2.75, 3.05) is 0 Å². The van der Waals surface area contributed by atoms with Crippen LogP contribution in [-0.2, 0) is 4.79 Å². The zero-order valence-electron chi connectivity index (χ0n) is 13.8. The monoisotopic (exact) mass is 286 g/mol. The fourth-order valence-electron chi connectivity index (χ4n) is 4.17. The third kappa shape index (κ3) is 1.85. The van der Waals surface area contributed by atoms with Gasteiger partial charge in [-0.25, -0.2) is 0 Å². The molecule has 0 aromatic heterocycles. The number of allylic oxidation sites excluding steroid dienone is 4. The molecule has 3 aliphatic rings. The van der Waals surface area contributed by atoms with Crippen molar-refractivity contribution >= 4 is 5.78 Å². The van der Waals surface area contributed by atoms with Crippen LogP contribution in [0.15, 0.2) is 33.9 Å². The minimum atomic E-state index is -1.22. The van der Waals surface area contributed by atoms with E-state index in [-0.39, 0.29) is 11.2 Å². The summed E-state index contributed by atoms with van der Waals surface area (Å²) in [6, 6.07) is 0. The maximum Gasteiger partial charge on any atom is 0.195 e. The van der Waals surface area contributed by atoms with Crippen LogP contribution in [0.1, 0.15) is 60.3 Å². The van der Waals surface area contributed by atoms with Crippen molar-refractivity contribution < 1.29 is 9.90 Å². The van der Waals surface area contributed by atoms with Gasteiger partial charge in [0.05, 0.1) is 0 Å². The zero-order chi connectivity index (χ0) is 15.6. The Morgan fingerprint density at radius 3 is 2.43 bits per heavy atom. The maximum absolute atomic E-state index is 12.8. The van der Waals surface area contributed by atoms with Crippen LogP contribution in [0.3, 0.4) is 0 Å². The Hall–Kier alpha value is -1.15. The standard InChI is InChI=1S/C19H26O2/c1-11(2)6-7-14-12(3)10-15-16(14)13(4)19(8-9-19)18(5,21)17(15)20/h10-11,21H,6-9H2,1-5H3/t18-/m0/s1.